The quantitative estimate of drug-likeness (QED) is 0.885. The highest BCUT2D eigenvalue weighted by Gasteiger charge is 2.27. The number of hydrogen-bond acceptors (Lipinski definition) is 4. The number of aromatic nitrogens is 2. The summed E-state index contributed by atoms with van der Waals surface area (Å²) in [5.41, 5.74) is 1.43. The fourth-order valence-electron chi connectivity index (χ4n) is 2.37. The minimum atomic E-state index is -0.165. The average molecular weight is 297 g/mol. The molecule has 1 fully saturated rings. The number of aliphatic hydroxyl groups is 1. The first kappa shape index (κ1) is 14.7. The Bertz CT molecular complexity index is 641. The van der Waals surface area contributed by atoms with E-state index in [9.17, 15) is 9.90 Å². The number of benzene rings is 1. The molecular formula is C17H19N3O2. The molecule has 1 N–H and O–H groups in total. The number of nitrogens with zero attached hydrogens (tertiary/aromatic N) is 3. The van der Waals surface area contributed by atoms with E-state index in [1.54, 1.807) is 17.2 Å². The van der Waals surface area contributed by atoms with Crippen molar-refractivity contribution in [3.8, 4) is 0 Å². The molecule has 22 heavy (non-hydrogen) atoms. The summed E-state index contributed by atoms with van der Waals surface area (Å²) in [6.45, 7) is 0.679. The van der Waals surface area contributed by atoms with Crippen LogP contribution in [0.15, 0.2) is 42.6 Å². The fourth-order valence-corrected chi connectivity index (χ4v) is 2.37. The lowest BCUT2D eigenvalue weighted by atomic mass is 10.2. The van der Waals surface area contributed by atoms with Gasteiger partial charge in [0.1, 0.15) is 11.5 Å². The van der Waals surface area contributed by atoms with E-state index in [0.29, 0.717) is 18.2 Å². The van der Waals surface area contributed by atoms with E-state index in [2.05, 4.69) is 9.97 Å². The van der Waals surface area contributed by atoms with Crippen molar-refractivity contribution in [2.45, 2.75) is 25.3 Å². The molecule has 2 aromatic rings. The molecule has 1 amide bonds. The molecule has 0 atom stereocenters. The van der Waals surface area contributed by atoms with Crippen molar-refractivity contribution in [3.63, 3.8) is 0 Å². The van der Waals surface area contributed by atoms with Crippen molar-refractivity contribution in [3.05, 3.63) is 59.7 Å². The molecule has 0 spiro atoms. The second-order valence-corrected chi connectivity index (χ2v) is 5.51. The van der Waals surface area contributed by atoms with Gasteiger partial charge in [-0.15, -0.1) is 0 Å². The minimum Gasteiger partial charge on any atom is -0.395 e. The Labute approximate surface area is 129 Å². The van der Waals surface area contributed by atoms with Crippen LogP contribution in [0.25, 0.3) is 0 Å². The second-order valence-electron chi connectivity index (χ2n) is 5.51. The Morgan fingerprint density at radius 2 is 2.00 bits per heavy atom. The lowest BCUT2D eigenvalue weighted by Crippen LogP contribution is -2.33. The molecule has 0 radical (unpaired) electrons. The van der Waals surface area contributed by atoms with Crippen LogP contribution in [0.1, 0.15) is 40.6 Å². The summed E-state index contributed by atoms with van der Waals surface area (Å²) < 4.78 is 0. The Balaban J connectivity index is 1.78. The van der Waals surface area contributed by atoms with Gasteiger partial charge in [0.25, 0.3) is 5.91 Å². The van der Waals surface area contributed by atoms with Gasteiger partial charge in [-0.1, -0.05) is 30.3 Å². The predicted molar refractivity (Wildman–Crippen MR) is 82.3 cm³/mol. The predicted octanol–water partition coefficient (Wildman–Crippen LogP) is 1.99. The first-order valence-electron chi connectivity index (χ1n) is 7.55. The van der Waals surface area contributed by atoms with Crippen molar-refractivity contribution in [2.75, 3.05) is 13.2 Å². The van der Waals surface area contributed by atoms with Gasteiger partial charge in [-0.3, -0.25) is 4.79 Å². The number of amides is 1. The molecule has 5 heteroatoms. The summed E-state index contributed by atoms with van der Waals surface area (Å²) in [7, 11) is 0. The monoisotopic (exact) mass is 297 g/mol. The van der Waals surface area contributed by atoms with E-state index in [0.717, 1.165) is 24.2 Å². The van der Waals surface area contributed by atoms with E-state index < -0.39 is 0 Å². The van der Waals surface area contributed by atoms with E-state index in [-0.39, 0.29) is 19.1 Å². The van der Waals surface area contributed by atoms with Crippen LogP contribution in [-0.4, -0.2) is 39.0 Å². The molecule has 1 heterocycles. The number of aliphatic hydroxyl groups excluding tert-OH is 1. The third-order valence-electron chi connectivity index (χ3n) is 3.71. The van der Waals surface area contributed by atoms with Gasteiger partial charge in [-0.05, 0) is 24.5 Å². The van der Waals surface area contributed by atoms with Crippen LogP contribution in [0.5, 0.6) is 0 Å². The summed E-state index contributed by atoms with van der Waals surface area (Å²) in [6.07, 6.45) is 3.84. The molecular weight excluding hydrogens is 278 g/mol. The molecule has 5 nitrogen and oxygen atoms in total. The van der Waals surface area contributed by atoms with E-state index in [1.165, 1.54) is 0 Å². The Kier molecular flexibility index (Phi) is 4.44. The van der Waals surface area contributed by atoms with Crippen LogP contribution >= 0.6 is 0 Å². The van der Waals surface area contributed by atoms with E-state index >= 15 is 0 Å². The summed E-state index contributed by atoms with van der Waals surface area (Å²) >= 11 is 0. The van der Waals surface area contributed by atoms with Crippen LogP contribution in [0.3, 0.4) is 0 Å². The lowest BCUT2D eigenvalue weighted by molar-refractivity contribution is 0.0701. The van der Waals surface area contributed by atoms with Crippen LogP contribution in [-0.2, 0) is 6.54 Å². The van der Waals surface area contributed by atoms with Gasteiger partial charge in [0, 0.05) is 25.2 Å². The minimum absolute atomic E-state index is 0.0703. The number of hydrogen-bond donors (Lipinski definition) is 1. The number of carbonyl (C=O) groups is 1. The second kappa shape index (κ2) is 6.66. The van der Waals surface area contributed by atoms with Gasteiger partial charge in [0.05, 0.1) is 6.61 Å². The molecule has 114 valence electrons. The van der Waals surface area contributed by atoms with Crippen LogP contribution in [0, 0.1) is 0 Å². The average Bonchev–Trinajstić information content (AvgIpc) is 3.40. The Morgan fingerprint density at radius 1 is 1.23 bits per heavy atom. The zero-order valence-corrected chi connectivity index (χ0v) is 12.4. The molecule has 0 saturated heterocycles. The number of rotatable bonds is 6. The Hall–Kier alpha value is -2.27. The summed E-state index contributed by atoms with van der Waals surface area (Å²) in [5.74, 6) is 1.00. The normalized spacial score (nSPS) is 13.9. The molecule has 0 unspecified atom stereocenters. The van der Waals surface area contributed by atoms with Crippen molar-refractivity contribution < 1.29 is 9.90 Å². The maximum atomic E-state index is 12.7. The van der Waals surface area contributed by atoms with Crippen molar-refractivity contribution >= 4 is 5.91 Å². The van der Waals surface area contributed by atoms with Crippen molar-refractivity contribution in [2.24, 2.45) is 0 Å². The standard InChI is InChI=1S/C17H19N3O2/c21-11-10-20(12-13-4-2-1-3-5-13)17(22)15-8-9-18-16(19-15)14-6-7-14/h1-5,8-9,14,21H,6-7,10-12H2. The highest BCUT2D eigenvalue weighted by Crippen LogP contribution is 2.37. The lowest BCUT2D eigenvalue weighted by Gasteiger charge is -2.21. The van der Waals surface area contributed by atoms with Crippen LogP contribution in [0.2, 0.25) is 0 Å². The number of carbonyl (C=O) groups excluding carboxylic acids is 1. The molecule has 1 aromatic carbocycles. The largest absolute Gasteiger partial charge is 0.395 e. The van der Waals surface area contributed by atoms with E-state index in [1.807, 2.05) is 30.3 Å². The third kappa shape index (κ3) is 3.49. The van der Waals surface area contributed by atoms with Gasteiger partial charge in [0.15, 0.2) is 0 Å². The highest BCUT2D eigenvalue weighted by atomic mass is 16.3. The molecule has 1 aliphatic rings. The third-order valence-corrected chi connectivity index (χ3v) is 3.71. The summed E-state index contributed by atoms with van der Waals surface area (Å²) in [4.78, 5) is 22.9. The molecule has 0 aliphatic heterocycles. The van der Waals surface area contributed by atoms with Gasteiger partial charge in [0.2, 0.25) is 0 Å². The molecule has 1 aromatic heterocycles. The maximum Gasteiger partial charge on any atom is 0.272 e. The molecule has 1 saturated carbocycles. The molecule has 0 bridgehead atoms. The Morgan fingerprint density at radius 3 is 2.68 bits per heavy atom. The summed E-state index contributed by atoms with van der Waals surface area (Å²) in [5, 5.41) is 9.24. The highest BCUT2D eigenvalue weighted by molar-refractivity contribution is 5.92. The van der Waals surface area contributed by atoms with Gasteiger partial charge < -0.3 is 10.0 Å². The van der Waals surface area contributed by atoms with Gasteiger partial charge in [-0.25, -0.2) is 9.97 Å². The SMILES string of the molecule is O=C(c1ccnc(C2CC2)n1)N(CCO)Cc1ccccc1. The fraction of sp³-hybridized carbons (Fsp3) is 0.353. The van der Waals surface area contributed by atoms with Crippen LogP contribution in [0.4, 0.5) is 0 Å². The molecule has 3 rings (SSSR count). The van der Waals surface area contributed by atoms with Crippen molar-refractivity contribution in [1.82, 2.24) is 14.9 Å². The maximum absolute atomic E-state index is 12.7. The van der Waals surface area contributed by atoms with Gasteiger partial charge in [-0.2, -0.15) is 0 Å². The zero-order chi connectivity index (χ0) is 15.4. The molecule has 1 aliphatic carbocycles. The first-order valence-corrected chi connectivity index (χ1v) is 7.55. The van der Waals surface area contributed by atoms with E-state index in [4.69, 9.17) is 0 Å². The topological polar surface area (TPSA) is 66.3 Å². The first-order chi connectivity index (χ1) is 10.8. The summed E-state index contributed by atoms with van der Waals surface area (Å²) in [6, 6.07) is 11.4. The van der Waals surface area contributed by atoms with Gasteiger partial charge >= 0.3 is 0 Å². The smallest absolute Gasteiger partial charge is 0.272 e. The zero-order valence-electron chi connectivity index (χ0n) is 12.4. The van der Waals surface area contributed by atoms with Crippen molar-refractivity contribution in [1.29, 1.82) is 0 Å². The van der Waals surface area contributed by atoms with Crippen LogP contribution < -0.4 is 0 Å².